The molecule has 1 aliphatic rings. The Hall–Kier alpha value is -3.03. The van der Waals surface area contributed by atoms with Crippen LogP contribution in [0.25, 0.3) is 0 Å². The summed E-state index contributed by atoms with van der Waals surface area (Å²) in [7, 11) is -3.87. The molecule has 0 spiro atoms. The number of sulfonamides is 1. The van der Waals surface area contributed by atoms with E-state index in [9.17, 15) is 12.8 Å². The number of piperidine rings is 1. The lowest BCUT2D eigenvalue weighted by Gasteiger charge is -2.32. The number of hydrazone groups is 1. The molecule has 0 saturated carbocycles. The van der Waals surface area contributed by atoms with E-state index in [0.29, 0.717) is 12.8 Å². The van der Waals surface area contributed by atoms with Crippen LogP contribution in [0.3, 0.4) is 0 Å². The third-order valence-corrected chi connectivity index (χ3v) is 6.36. The second kappa shape index (κ2) is 8.77. The third kappa shape index (κ3) is 4.75. The minimum Gasteiger partial charge on any atom is -0.302 e. The topological polar surface area (TPSA) is 70.6 Å². The van der Waals surface area contributed by atoms with E-state index in [1.807, 2.05) is 60.7 Å². The summed E-state index contributed by atoms with van der Waals surface area (Å²) in [6.45, 7) is 0. The zero-order valence-electron chi connectivity index (χ0n) is 16.2. The van der Waals surface area contributed by atoms with Gasteiger partial charge >= 0.3 is 0 Å². The van der Waals surface area contributed by atoms with Gasteiger partial charge in [0.05, 0.1) is 4.90 Å². The molecule has 2 unspecified atom stereocenters. The molecule has 0 bridgehead atoms. The molecule has 3 aromatic carbocycles. The molecule has 5 nitrogen and oxygen atoms in total. The quantitative estimate of drug-likeness (QED) is 0.600. The summed E-state index contributed by atoms with van der Waals surface area (Å²) < 4.78 is 38.2. The molecule has 0 radical (unpaired) electrons. The van der Waals surface area contributed by atoms with Gasteiger partial charge in [0.15, 0.2) is 0 Å². The minimum absolute atomic E-state index is 0.0132. The summed E-state index contributed by atoms with van der Waals surface area (Å²) in [6.07, 6.45) is 1.17. The summed E-state index contributed by atoms with van der Waals surface area (Å²) in [6, 6.07) is 24.8. The molecule has 2 N–H and O–H groups in total. The Bertz CT molecular complexity index is 1070. The van der Waals surface area contributed by atoms with Crippen LogP contribution in [-0.2, 0) is 10.0 Å². The first-order chi connectivity index (χ1) is 14.5. The molecule has 0 amide bonds. The summed E-state index contributed by atoms with van der Waals surface area (Å²) >= 11 is 0. The standard InChI is InChI=1S/C23H22FN3O2S/c24-19-11-13-21(14-12-19)30(28,29)27-26-20-15-22(17-7-3-1-4-8-17)25-23(16-20)18-9-5-2-6-10-18/h1-14,22-23,25,27H,15-16H2. The van der Waals surface area contributed by atoms with Crippen molar-refractivity contribution < 1.29 is 12.8 Å². The highest BCUT2D eigenvalue weighted by Crippen LogP contribution is 2.31. The normalized spacial score (nSPS) is 19.3. The van der Waals surface area contributed by atoms with Crippen molar-refractivity contribution in [2.24, 2.45) is 5.10 Å². The number of nitrogens with one attached hydrogen (secondary N) is 2. The molecule has 4 rings (SSSR count). The molecule has 1 fully saturated rings. The fourth-order valence-electron chi connectivity index (χ4n) is 3.60. The molecule has 0 aromatic heterocycles. The van der Waals surface area contributed by atoms with Gasteiger partial charge in [-0.2, -0.15) is 13.5 Å². The van der Waals surface area contributed by atoms with Crippen molar-refractivity contribution in [2.75, 3.05) is 0 Å². The van der Waals surface area contributed by atoms with Crippen molar-refractivity contribution in [3.63, 3.8) is 0 Å². The molecule has 1 aliphatic heterocycles. The van der Waals surface area contributed by atoms with Gasteiger partial charge < -0.3 is 5.32 Å². The van der Waals surface area contributed by atoms with Gasteiger partial charge in [-0.25, -0.2) is 9.22 Å². The van der Waals surface area contributed by atoms with Crippen LogP contribution in [0.4, 0.5) is 4.39 Å². The lowest BCUT2D eigenvalue weighted by molar-refractivity contribution is 0.427. The van der Waals surface area contributed by atoms with E-state index in [2.05, 4.69) is 15.2 Å². The van der Waals surface area contributed by atoms with Gasteiger partial charge in [-0.3, -0.25) is 0 Å². The maximum Gasteiger partial charge on any atom is 0.276 e. The van der Waals surface area contributed by atoms with Crippen LogP contribution in [0.15, 0.2) is 94.9 Å². The largest absolute Gasteiger partial charge is 0.302 e. The zero-order chi connectivity index (χ0) is 21.0. The van der Waals surface area contributed by atoms with Gasteiger partial charge in [-0.05, 0) is 35.4 Å². The van der Waals surface area contributed by atoms with Crippen LogP contribution in [0.2, 0.25) is 0 Å². The van der Waals surface area contributed by atoms with E-state index >= 15 is 0 Å². The zero-order valence-corrected chi connectivity index (χ0v) is 17.0. The average Bonchev–Trinajstić information content (AvgIpc) is 2.79. The van der Waals surface area contributed by atoms with E-state index in [1.54, 1.807) is 0 Å². The van der Waals surface area contributed by atoms with Crippen LogP contribution in [-0.4, -0.2) is 14.1 Å². The van der Waals surface area contributed by atoms with Gasteiger partial charge in [0, 0.05) is 30.6 Å². The Labute approximate surface area is 175 Å². The monoisotopic (exact) mass is 423 g/mol. The summed E-state index contributed by atoms with van der Waals surface area (Å²) in [5, 5.41) is 7.90. The predicted octanol–water partition coefficient (Wildman–Crippen LogP) is 4.33. The molecule has 2 atom stereocenters. The smallest absolute Gasteiger partial charge is 0.276 e. The third-order valence-electron chi connectivity index (χ3n) is 5.13. The number of benzene rings is 3. The molecule has 1 saturated heterocycles. The first kappa shape index (κ1) is 20.3. The molecule has 30 heavy (non-hydrogen) atoms. The average molecular weight is 424 g/mol. The fraction of sp³-hybridized carbons (Fsp3) is 0.174. The highest BCUT2D eigenvalue weighted by molar-refractivity contribution is 7.89. The fourth-order valence-corrected chi connectivity index (χ4v) is 4.45. The maximum atomic E-state index is 13.1. The first-order valence-corrected chi connectivity index (χ1v) is 11.2. The summed E-state index contributed by atoms with van der Waals surface area (Å²) in [5.74, 6) is -0.491. The second-order valence-corrected chi connectivity index (χ2v) is 8.89. The Balaban J connectivity index is 1.59. The maximum absolute atomic E-state index is 13.1. The van der Waals surface area contributed by atoms with E-state index in [-0.39, 0.29) is 17.0 Å². The Morgan fingerprint density at radius 3 is 1.80 bits per heavy atom. The van der Waals surface area contributed by atoms with Crippen molar-refractivity contribution in [3.05, 3.63) is 102 Å². The van der Waals surface area contributed by atoms with Gasteiger partial charge in [-0.1, -0.05) is 60.7 Å². The van der Waals surface area contributed by atoms with Crippen LogP contribution in [0, 0.1) is 5.82 Å². The van der Waals surface area contributed by atoms with E-state index in [0.717, 1.165) is 29.0 Å². The number of halogens is 1. The minimum atomic E-state index is -3.87. The van der Waals surface area contributed by atoms with Gasteiger partial charge in [0.25, 0.3) is 10.0 Å². The molecular weight excluding hydrogens is 401 g/mol. The van der Waals surface area contributed by atoms with Crippen molar-refractivity contribution >= 4 is 15.7 Å². The van der Waals surface area contributed by atoms with Crippen LogP contribution < -0.4 is 10.1 Å². The van der Waals surface area contributed by atoms with Crippen LogP contribution in [0.5, 0.6) is 0 Å². The van der Waals surface area contributed by atoms with Crippen molar-refractivity contribution in [3.8, 4) is 0 Å². The van der Waals surface area contributed by atoms with Crippen LogP contribution in [0.1, 0.15) is 36.1 Å². The summed E-state index contributed by atoms with van der Waals surface area (Å²) in [4.78, 5) is 2.29. The molecular formula is C23H22FN3O2S. The number of hydrogen-bond acceptors (Lipinski definition) is 4. The number of hydrogen-bond donors (Lipinski definition) is 2. The molecule has 0 aliphatic carbocycles. The Kier molecular flexibility index (Phi) is 5.92. The molecule has 1 heterocycles. The Morgan fingerprint density at radius 2 is 1.30 bits per heavy atom. The summed E-state index contributed by atoms with van der Waals surface area (Å²) in [5.41, 5.74) is 2.99. The van der Waals surface area contributed by atoms with E-state index < -0.39 is 15.8 Å². The molecule has 7 heteroatoms. The highest BCUT2D eigenvalue weighted by Gasteiger charge is 2.28. The molecule has 154 valence electrons. The SMILES string of the molecule is O=S(=O)(NN=C1CC(c2ccccc2)NC(c2ccccc2)C1)c1ccc(F)cc1. The van der Waals surface area contributed by atoms with Crippen molar-refractivity contribution in [2.45, 2.75) is 29.8 Å². The van der Waals surface area contributed by atoms with Crippen molar-refractivity contribution in [1.82, 2.24) is 10.1 Å². The Morgan fingerprint density at radius 1 is 0.800 bits per heavy atom. The van der Waals surface area contributed by atoms with Crippen molar-refractivity contribution in [1.29, 1.82) is 0 Å². The number of nitrogens with zero attached hydrogens (tertiary/aromatic N) is 1. The van der Waals surface area contributed by atoms with Gasteiger partial charge in [0.2, 0.25) is 0 Å². The first-order valence-electron chi connectivity index (χ1n) is 9.70. The van der Waals surface area contributed by atoms with E-state index in [1.165, 1.54) is 12.1 Å². The van der Waals surface area contributed by atoms with Gasteiger partial charge in [-0.15, -0.1) is 0 Å². The predicted molar refractivity (Wildman–Crippen MR) is 115 cm³/mol. The lowest BCUT2D eigenvalue weighted by atomic mass is 9.89. The molecule has 3 aromatic rings. The van der Waals surface area contributed by atoms with Crippen LogP contribution >= 0.6 is 0 Å². The number of rotatable bonds is 5. The highest BCUT2D eigenvalue weighted by atomic mass is 32.2. The van der Waals surface area contributed by atoms with Gasteiger partial charge in [0.1, 0.15) is 5.82 Å². The second-order valence-electron chi connectivity index (χ2n) is 7.23. The lowest BCUT2D eigenvalue weighted by Crippen LogP contribution is -2.36. The van der Waals surface area contributed by atoms with E-state index in [4.69, 9.17) is 0 Å².